The Hall–Kier alpha value is -0.240. The van der Waals surface area contributed by atoms with Crippen molar-refractivity contribution in [2.45, 2.75) is 10.6 Å². The Balaban J connectivity index is 0.00000196. The summed E-state index contributed by atoms with van der Waals surface area (Å²) in [4.78, 5) is 0. The third-order valence-electron chi connectivity index (χ3n) is 2.18. The molecule has 0 bridgehead atoms. The lowest BCUT2D eigenvalue weighted by atomic mass is 10.2. The van der Waals surface area contributed by atoms with Crippen molar-refractivity contribution in [3.8, 4) is 12.3 Å². The van der Waals surface area contributed by atoms with Gasteiger partial charge in [0.15, 0.2) is 4.05 Å². The molecule has 0 N–H and O–H groups in total. The van der Waals surface area contributed by atoms with E-state index in [0.717, 1.165) is 11.0 Å². The molecule has 1 aromatic rings. The van der Waals surface area contributed by atoms with Gasteiger partial charge in [-0.2, -0.15) is 0 Å². The highest BCUT2D eigenvalue weighted by molar-refractivity contribution is 14.1. The summed E-state index contributed by atoms with van der Waals surface area (Å²) in [6, 6.07) is 10.4. The Morgan fingerprint density at radius 2 is 1.87 bits per heavy atom. The number of rotatable bonds is 3. The maximum absolute atomic E-state index is 5.44. The van der Waals surface area contributed by atoms with Gasteiger partial charge < -0.3 is 16.9 Å². The van der Waals surface area contributed by atoms with E-state index in [9.17, 15) is 0 Å². The van der Waals surface area contributed by atoms with E-state index in [-0.39, 0.29) is 16.5 Å². The Kier molecular flexibility index (Phi) is 6.26. The smallest absolute Gasteiger partial charge is 0.200 e. The van der Waals surface area contributed by atoms with Crippen molar-refractivity contribution in [1.82, 2.24) is 0 Å². The summed E-state index contributed by atoms with van der Waals surface area (Å²) in [5, 5.41) is 0. The number of hydrogen-bond acceptors (Lipinski definition) is 0. The average molecular weight is 336 g/mol. The third-order valence-corrected chi connectivity index (χ3v) is 4.05. The molecule has 1 unspecified atom stereocenters. The maximum Gasteiger partial charge on any atom is 0.200 e. The molecule has 0 aliphatic rings. The molecule has 1 nitrogen and oxygen atoms in total. The first-order valence-corrected chi connectivity index (χ1v) is 5.77. The van der Waals surface area contributed by atoms with E-state index in [1.807, 2.05) is 6.07 Å². The van der Waals surface area contributed by atoms with Crippen LogP contribution in [0.15, 0.2) is 30.3 Å². The summed E-state index contributed by atoms with van der Waals surface area (Å²) in [6.07, 6.45) is 5.44. The topological polar surface area (TPSA) is 0 Å². The molecule has 0 fully saturated rings. The molecule has 0 aliphatic carbocycles. The Bertz CT molecular complexity index is 329. The Labute approximate surface area is 112 Å². The standard InChI is InChI=1S/C12H15IN.ClH/c1-4-12(13)14(2,3)10-11-8-6-5-7-9-11;/h1,5-9,12H,10H2,2-3H3;1H/q+1;/p-1. The predicted octanol–water partition coefficient (Wildman–Crippen LogP) is -0.339. The van der Waals surface area contributed by atoms with E-state index in [4.69, 9.17) is 6.42 Å². The van der Waals surface area contributed by atoms with Gasteiger partial charge in [0, 0.05) is 28.2 Å². The summed E-state index contributed by atoms with van der Waals surface area (Å²) in [5.74, 6) is 2.78. The van der Waals surface area contributed by atoms with Gasteiger partial charge in [0.05, 0.1) is 14.1 Å². The molecule has 0 radical (unpaired) electrons. The van der Waals surface area contributed by atoms with Crippen LogP contribution in [-0.4, -0.2) is 22.6 Å². The number of quaternary nitrogens is 1. The van der Waals surface area contributed by atoms with Gasteiger partial charge >= 0.3 is 0 Å². The molecule has 0 aromatic heterocycles. The normalized spacial score (nSPS) is 12.4. The quantitative estimate of drug-likeness (QED) is 0.233. The van der Waals surface area contributed by atoms with Crippen molar-refractivity contribution >= 4 is 22.6 Å². The fourth-order valence-corrected chi connectivity index (χ4v) is 1.53. The zero-order valence-electron chi connectivity index (χ0n) is 8.95. The highest BCUT2D eigenvalue weighted by Gasteiger charge is 2.23. The van der Waals surface area contributed by atoms with Crippen LogP contribution in [0.3, 0.4) is 0 Å². The number of hydrogen-bond donors (Lipinski definition) is 0. The average Bonchev–Trinajstić information content (AvgIpc) is 2.17. The van der Waals surface area contributed by atoms with Crippen LogP contribution in [0.5, 0.6) is 0 Å². The van der Waals surface area contributed by atoms with E-state index in [0.29, 0.717) is 0 Å². The van der Waals surface area contributed by atoms with Crippen molar-refractivity contribution < 1.29 is 16.9 Å². The van der Waals surface area contributed by atoms with Gasteiger partial charge in [0.1, 0.15) is 6.54 Å². The molecule has 0 spiro atoms. The van der Waals surface area contributed by atoms with Gasteiger partial charge in [0.2, 0.25) is 0 Å². The lowest BCUT2D eigenvalue weighted by Gasteiger charge is -2.32. The molecule has 0 amide bonds. The number of halogens is 2. The third kappa shape index (κ3) is 4.42. The van der Waals surface area contributed by atoms with Crippen molar-refractivity contribution in [2.75, 3.05) is 14.1 Å². The fourth-order valence-electron chi connectivity index (χ4n) is 1.34. The fraction of sp³-hybridized carbons (Fsp3) is 0.333. The molecular formula is C12H15ClIN. The molecular weight excluding hydrogens is 320 g/mol. The first-order chi connectivity index (χ1) is 6.56. The summed E-state index contributed by atoms with van der Waals surface area (Å²) >= 11 is 2.31. The highest BCUT2D eigenvalue weighted by atomic mass is 127. The molecule has 1 atom stereocenters. The van der Waals surface area contributed by atoms with Crippen LogP contribution in [0.4, 0.5) is 0 Å². The Morgan fingerprint density at radius 3 is 2.33 bits per heavy atom. The number of terminal acetylenes is 1. The van der Waals surface area contributed by atoms with Crippen LogP contribution >= 0.6 is 22.6 Å². The SMILES string of the molecule is C#CC(I)[N+](C)(C)Cc1ccccc1.[Cl-]. The second kappa shape index (κ2) is 6.37. The molecule has 1 rings (SSSR count). The minimum Gasteiger partial charge on any atom is -1.00 e. The molecule has 82 valence electrons. The molecule has 3 heteroatoms. The largest absolute Gasteiger partial charge is 1.00 e. The summed E-state index contributed by atoms with van der Waals surface area (Å²) in [6.45, 7) is 0.971. The minimum absolute atomic E-state index is 0. The predicted molar refractivity (Wildman–Crippen MR) is 68.9 cm³/mol. The summed E-state index contributed by atoms with van der Waals surface area (Å²) in [5.41, 5.74) is 1.33. The zero-order chi connectivity index (χ0) is 10.6. The van der Waals surface area contributed by atoms with Gasteiger partial charge in [-0.3, -0.25) is 0 Å². The van der Waals surface area contributed by atoms with Crippen LogP contribution in [0.1, 0.15) is 5.56 Å². The second-order valence-electron chi connectivity index (χ2n) is 3.92. The van der Waals surface area contributed by atoms with Gasteiger partial charge in [-0.05, 0) is 5.92 Å². The van der Waals surface area contributed by atoms with Crippen LogP contribution < -0.4 is 12.4 Å². The highest BCUT2D eigenvalue weighted by Crippen LogP contribution is 2.17. The Morgan fingerprint density at radius 1 is 1.33 bits per heavy atom. The molecule has 0 saturated heterocycles. The van der Waals surface area contributed by atoms with Crippen molar-refractivity contribution in [3.63, 3.8) is 0 Å². The van der Waals surface area contributed by atoms with Crippen LogP contribution in [0, 0.1) is 12.3 Å². The van der Waals surface area contributed by atoms with Crippen molar-refractivity contribution in [2.24, 2.45) is 0 Å². The van der Waals surface area contributed by atoms with Crippen molar-refractivity contribution in [3.05, 3.63) is 35.9 Å². The first kappa shape index (κ1) is 14.8. The zero-order valence-corrected chi connectivity index (χ0v) is 11.9. The summed E-state index contributed by atoms with van der Waals surface area (Å²) in [7, 11) is 4.31. The van der Waals surface area contributed by atoms with E-state index in [1.54, 1.807) is 0 Å². The molecule has 0 heterocycles. The molecule has 15 heavy (non-hydrogen) atoms. The lowest BCUT2D eigenvalue weighted by Crippen LogP contribution is -3.00. The lowest BCUT2D eigenvalue weighted by molar-refractivity contribution is -0.902. The van der Waals surface area contributed by atoms with E-state index >= 15 is 0 Å². The first-order valence-electron chi connectivity index (χ1n) is 4.53. The number of nitrogens with zero attached hydrogens (tertiary/aromatic N) is 1. The van der Waals surface area contributed by atoms with Crippen LogP contribution in [0.2, 0.25) is 0 Å². The van der Waals surface area contributed by atoms with Crippen molar-refractivity contribution in [1.29, 1.82) is 0 Å². The number of alkyl halides is 1. The van der Waals surface area contributed by atoms with Crippen LogP contribution in [0.25, 0.3) is 0 Å². The van der Waals surface area contributed by atoms with Crippen LogP contribution in [-0.2, 0) is 6.54 Å². The van der Waals surface area contributed by atoms with E-state index < -0.39 is 0 Å². The van der Waals surface area contributed by atoms with E-state index in [1.165, 1.54) is 5.56 Å². The number of benzene rings is 1. The summed E-state index contributed by atoms with van der Waals surface area (Å²) < 4.78 is 1.04. The van der Waals surface area contributed by atoms with Gasteiger partial charge in [-0.25, -0.2) is 0 Å². The van der Waals surface area contributed by atoms with Gasteiger partial charge in [0.25, 0.3) is 0 Å². The molecule has 1 aromatic carbocycles. The monoisotopic (exact) mass is 335 g/mol. The van der Waals surface area contributed by atoms with Gasteiger partial charge in [-0.15, -0.1) is 6.42 Å². The molecule has 0 aliphatic heterocycles. The van der Waals surface area contributed by atoms with E-state index in [2.05, 4.69) is 66.9 Å². The maximum atomic E-state index is 5.44. The molecule has 0 saturated carbocycles. The van der Waals surface area contributed by atoms with Gasteiger partial charge in [-0.1, -0.05) is 30.3 Å². The second-order valence-corrected chi connectivity index (χ2v) is 5.10. The minimum atomic E-state index is 0.